The number of likely N-dealkylation sites (N-methyl/N-ethyl adjacent to an activating group) is 1. The molecular weight excluding hydrogens is 376 g/mol. The maximum absolute atomic E-state index is 11.9. The summed E-state index contributed by atoms with van der Waals surface area (Å²) in [7, 11) is 3.46. The van der Waals surface area contributed by atoms with Crippen LogP contribution < -0.4 is 20.1 Å². The number of aliphatic imine (C=N–C) groups is 1. The summed E-state index contributed by atoms with van der Waals surface area (Å²) in [6.07, 6.45) is 1.73. The summed E-state index contributed by atoms with van der Waals surface area (Å²) in [5.41, 5.74) is 1.15. The first-order chi connectivity index (χ1) is 13.6. The lowest BCUT2D eigenvalue weighted by Gasteiger charge is -2.14. The Bertz CT molecular complexity index is 806. The van der Waals surface area contributed by atoms with Gasteiger partial charge in [0.2, 0.25) is 12.7 Å². The molecule has 1 aliphatic rings. The predicted octanol–water partition coefficient (Wildman–Crippen LogP) is 1.89. The molecule has 2 N–H and O–H groups in total. The summed E-state index contributed by atoms with van der Waals surface area (Å²) >= 11 is 1.74. The fourth-order valence-corrected chi connectivity index (χ4v) is 3.35. The van der Waals surface area contributed by atoms with Gasteiger partial charge in [-0.05, 0) is 42.0 Å². The standard InChI is InChI=1S/C20H26N4O3S/c1-24(2)19(25)13-23-20(22-10-8-16-4-3-11-28-16)21-9-7-15-5-6-17-18(12-15)27-14-26-17/h3-6,11-12H,7-10,13-14H2,1-2H3,(H2,21,22,23). The van der Waals surface area contributed by atoms with Gasteiger partial charge in [0.05, 0.1) is 0 Å². The van der Waals surface area contributed by atoms with Gasteiger partial charge in [-0.1, -0.05) is 12.1 Å². The highest BCUT2D eigenvalue weighted by atomic mass is 32.1. The number of nitrogens with one attached hydrogen (secondary N) is 2. The van der Waals surface area contributed by atoms with Crippen molar-refractivity contribution in [1.82, 2.24) is 15.5 Å². The predicted molar refractivity (Wildman–Crippen MR) is 111 cm³/mol. The van der Waals surface area contributed by atoms with Gasteiger partial charge in [0.25, 0.3) is 0 Å². The van der Waals surface area contributed by atoms with Crippen LogP contribution in [0.15, 0.2) is 40.7 Å². The van der Waals surface area contributed by atoms with E-state index in [0.717, 1.165) is 36.4 Å². The Balaban J connectivity index is 1.51. The van der Waals surface area contributed by atoms with E-state index in [0.29, 0.717) is 12.5 Å². The molecule has 0 radical (unpaired) electrons. The molecule has 0 aliphatic carbocycles. The molecule has 2 heterocycles. The molecule has 0 saturated heterocycles. The smallest absolute Gasteiger partial charge is 0.243 e. The van der Waals surface area contributed by atoms with Crippen LogP contribution in [0.3, 0.4) is 0 Å². The van der Waals surface area contributed by atoms with Crippen LogP contribution in [-0.2, 0) is 17.6 Å². The molecule has 0 atom stereocenters. The average molecular weight is 403 g/mol. The minimum absolute atomic E-state index is 0.0323. The zero-order valence-corrected chi connectivity index (χ0v) is 17.1. The SMILES string of the molecule is CN(C)C(=O)CN=C(NCCc1ccc2c(c1)OCO2)NCCc1cccs1. The first-order valence-electron chi connectivity index (χ1n) is 9.25. The molecule has 1 amide bonds. The quantitative estimate of drug-likeness (QED) is 0.521. The number of rotatable bonds is 8. The highest BCUT2D eigenvalue weighted by Crippen LogP contribution is 2.32. The van der Waals surface area contributed by atoms with E-state index in [-0.39, 0.29) is 19.2 Å². The lowest BCUT2D eigenvalue weighted by atomic mass is 10.1. The average Bonchev–Trinajstić information content (AvgIpc) is 3.36. The second-order valence-electron chi connectivity index (χ2n) is 6.57. The molecule has 8 heteroatoms. The summed E-state index contributed by atoms with van der Waals surface area (Å²) < 4.78 is 10.8. The van der Waals surface area contributed by atoms with Crippen molar-refractivity contribution in [2.45, 2.75) is 12.8 Å². The van der Waals surface area contributed by atoms with Gasteiger partial charge in [0, 0.05) is 32.1 Å². The number of guanidine groups is 1. The molecule has 1 aromatic carbocycles. The van der Waals surface area contributed by atoms with Gasteiger partial charge in [-0.3, -0.25) is 4.79 Å². The molecule has 1 aliphatic heterocycles. The van der Waals surface area contributed by atoms with Gasteiger partial charge < -0.3 is 25.0 Å². The second kappa shape index (κ2) is 9.98. The zero-order valence-electron chi connectivity index (χ0n) is 16.2. The van der Waals surface area contributed by atoms with Gasteiger partial charge in [0.15, 0.2) is 17.5 Å². The van der Waals surface area contributed by atoms with Crippen LogP contribution >= 0.6 is 11.3 Å². The Labute approximate surface area is 169 Å². The lowest BCUT2D eigenvalue weighted by Crippen LogP contribution is -2.40. The maximum Gasteiger partial charge on any atom is 0.243 e. The number of carbonyl (C=O) groups is 1. The Kier molecular flexibility index (Phi) is 7.13. The number of amides is 1. The van der Waals surface area contributed by atoms with E-state index in [2.05, 4.69) is 27.1 Å². The molecule has 0 bridgehead atoms. The van der Waals surface area contributed by atoms with E-state index in [1.165, 1.54) is 4.88 Å². The fraction of sp³-hybridized carbons (Fsp3) is 0.400. The number of hydrogen-bond acceptors (Lipinski definition) is 5. The highest BCUT2D eigenvalue weighted by Gasteiger charge is 2.13. The van der Waals surface area contributed by atoms with Crippen molar-refractivity contribution in [3.05, 3.63) is 46.2 Å². The third-order valence-electron chi connectivity index (χ3n) is 4.26. The van der Waals surface area contributed by atoms with Gasteiger partial charge in [0.1, 0.15) is 6.54 Å². The Hall–Kier alpha value is -2.74. The molecule has 2 aromatic rings. The zero-order chi connectivity index (χ0) is 19.8. The van der Waals surface area contributed by atoms with Crippen LogP contribution in [0.1, 0.15) is 10.4 Å². The van der Waals surface area contributed by atoms with Gasteiger partial charge in [-0.15, -0.1) is 11.3 Å². The Morgan fingerprint density at radius 1 is 1.14 bits per heavy atom. The topological polar surface area (TPSA) is 75.2 Å². The number of benzene rings is 1. The number of nitrogens with zero attached hydrogens (tertiary/aromatic N) is 2. The molecule has 28 heavy (non-hydrogen) atoms. The van der Waals surface area contributed by atoms with Gasteiger partial charge in [-0.25, -0.2) is 4.99 Å². The van der Waals surface area contributed by atoms with Crippen molar-refractivity contribution >= 4 is 23.2 Å². The van der Waals surface area contributed by atoms with Crippen molar-refractivity contribution in [1.29, 1.82) is 0 Å². The third kappa shape index (κ3) is 5.88. The normalized spacial score (nSPS) is 12.7. The lowest BCUT2D eigenvalue weighted by molar-refractivity contribution is -0.127. The number of fused-ring (bicyclic) bond motifs is 1. The number of thiophene rings is 1. The first kappa shape index (κ1) is 20.0. The van der Waals surface area contributed by atoms with Crippen molar-refractivity contribution in [3.63, 3.8) is 0 Å². The van der Waals surface area contributed by atoms with Crippen molar-refractivity contribution in [2.75, 3.05) is 40.5 Å². The monoisotopic (exact) mass is 402 g/mol. The third-order valence-corrected chi connectivity index (χ3v) is 5.19. The number of hydrogen-bond donors (Lipinski definition) is 2. The van der Waals surface area contributed by atoms with Crippen LogP contribution in [0.5, 0.6) is 11.5 Å². The maximum atomic E-state index is 11.9. The molecule has 0 fully saturated rings. The van der Waals surface area contributed by atoms with E-state index >= 15 is 0 Å². The minimum Gasteiger partial charge on any atom is -0.454 e. The molecule has 0 unspecified atom stereocenters. The van der Waals surface area contributed by atoms with Crippen molar-refractivity contribution in [2.24, 2.45) is 4.99 Å². The highest BCUT2D eigenvalue weighted by molar-refractivity contribution is 7.09. The largest absolute Gasteiger partial charge is 0.454 e. The molecule has 1 aromatic heterocycles. The van der Waals surface area contributed by atoms with Gasteiger partial charge >= 0.3 is 0 Å². The van der Waals surface area contributed by atoms with Crippen LogP contribution in [0.4, 0.5) is 0 Å². The Morgan fingerprint density at radius 2 is 1.93 bits per heavy atom. The summed E-state index contributed by atoms with van der Waals surface area (Å²) in [5.74, 6) is 2.19. The molecular formula is C20H26N4O3S. The van der Waals surface area contributed by atoms with E-state index in [1.807, 2.05) is 24.3 Å². The second-order valence-corrected chi connectivity index (χ2v) is 7.61. The van der Waals surface area contributed by atoms with Crippen LogP contribution in [0, 0.1) is 0 Å². The molecule has 150 valence electrons. The van der Waals surface area contributed by atoms with Crippen LogP contribution in [-0.4, -0.2) is 57.3 Å². The molecule has 0 spiro atoms. The van der Waals surface area contributed by atoms with Gasteiger partial charge in [-0.2, -0.15) is 0 Å². The van der Waals surface area contributed by atoms with Crippen molar-refractivity contribution < 1.29 is 14.3 Å². The van der Waals surface area contributed by atoms with E-state index in [9.17, 15) is 4.79 Å². The van der Waals surface area contributed by atoms with Crippen LogP contribution in [0.2, 0.25) is 0 Å². The first-order valence-corrected chi connectivity index (χ1v) is 10.1. The summed E-state index contributed by atoms with van der Waals surface area (Å²) in [5, 5.41) is 8.69. The number of carbonyl (C=O) groups excluding carboxylic acids is 1. The summed E-state index contributed by atoms with van der Waals surface area (Å²) in [6.45, 7) is 1.85. The minimum atomic E-state index is -0.0323. The summed E-state index contributed by atoms with van der Waals surface area (Å²) in [6, 6.07) is 10.1. The Morgan fingerprint density at radius 3 is 2.68 bits per heavy atom. The molecule has 7 nitrogen and oxygen atoms in total. The van der Waals surface area contributed by atoms with E-state index < -0.39 is 0 Å². The summed E-state index contributed by atoms with van der Waals surface area (Å²) in [4.78, 5) is 19.1. The van der Waals surface area contributed by atoms with E-state index in [1.54, 1.807) is 30.3 Å². The van der Waals surface area contributed by atoms with Crippen LogP contribution in [0.25, 0.3) is 0 Å². The van der Waals surface area contributed by atoms with Crippen molar-refractivity contribution in [3.8, 4) is 11.5 Å². The fourth-order valence-electron chi connectivity index (χ4n) is 2.64. The van der Waals surface area contributed by atoms with E-state index in [4.69, 9.17) is 9.47 Å². The number of ether oxygens (including phenoxy) is 2. The molecule has 0 saturated carbocycles. The molecule has 3 rings (SSSR count).